The molecule has 1 atom stereocenters. The first kappa shape index (κ1) is 8.97. The van der Waals surface area contributed by atoms with Crippen molar-refractivity contribution in [2.45, 2.75) is 33.4 Å². The van der Waals surface area contributed by atoms with E-state index in [1.165, 1.54) is 19.2 Å². The van der Waals surface area contributed by atoms with Gasteiger partial charge in [-0.15, -0.1) is 0 Å². The summed E-state index contributed by atoms with van der Waals surface area (Å²) in [4.78, 5) is 8.75. The van der Waals surface area contributed by atoms with Crippen molar-refractivity contribution < 1.29 is 14.0 Å². The van der Waals surface area contributed by atoms with Crippen LogP contribution in [0.1, 0.15) is 46.1 Å². The fourth-order valence-corrected chi connectivity index (χ4v) is 2.83. The molecular formula is C21H20N2O. The van der Waals surface area contributed by atoms with E-state index in [0.717, 1.165) is 5.69 Å². The summed E-state index contributed by atoms with van der Waals surface area (Å²) >= 11 is 0. The number of hydrogen-bond acceptors (Lipinski definition) is 3. The molecule has 0 radical (unpaired) electrons. The molecule has 0 fully saturated rings. The number of benzene rings is 1. The summed E-state index contributed by atoms with van der Waals surface area (Å²) in [5.41, 5.74) is 2.89. The Morgan fingerprint density at radius 3 is 2.83 bits per heavy atom. The Morgan fingerprint density at radius 1 is 1.17 bits per heavy atom. The fraction of sp³-hybridized carbons (Fsp3) is 0.238. The van der Waals surface area contributed by atoms with Gasteiger partial charge in [-0.2, -0.15) is 0 Å². The van der Waals surface area contributed by atoms with Crippen LogP contribution in [0.2, 0.25) is 0 Å². The highest BCUT2D eigenvalue weighted by molar-refractivity contribution is 6.10. The normalized spacial score (nSPS) is 19.5. The van der Waals surface area contributed by atoms with E-state index in [0.29, 0.717) is 33.3 Å². The van der Waals surface area contributed by atoms with Crippen LogP contribution in [0.3, 0.4) is 0 Å². The number of hydrogen-bond donors (Lipinski definition) is 0. The second-order valence-electron chi connectivity index (χ2n) is 5.83. The maximum absolute atomic E-state index is 8.22. The molecule has 0 aliphatic carbocycles. The van der Waals surface area contributed by atoms with Crippen molar-refractivity contribution >= 4 is 22.1 Å². The molecule has 4 aromatic rings. The maximum atomic E-state index is 8.22. The zero-order chi connectivity index (χ0) is 22.8. The molecule has 1 unspecified atom stereocenters. The maximum Gasteiger partial charge on any atom is 0.227 e. The predicted molar refractivity (Wildman–Crippen MR) is 98.3 cm³/mol. The van der Waals surface area contributed by atoms with Crippen molar-refractivity contribution in [3.8, 4) is 11.3 Å². The molecule has 0 spiro atoms. The third-order valence-corrected chi connectivity index (χ3v) is 4.10. The Kier molecular flexibility index (Phi) is 2.04. The average Bonchev–Trinajstić information content (AvgIpc) is 3.03. The van der Waals surface area contributed by atoms with Gasteiger partial charge in [0.2, 0.25) is 5.71 Å². The van der Waals surface area contributed by atoms with Crippen molar-refractivity contribution in [1.82, 2.24) is 9.97 Å². The van der Waals surface area contributed by atoms with Crippen LogP contribution < -0.4 is 0 Å². The monoisotopic (exact) mass is 323 g/mol. The Bertz CT molecular complexity index is 1290. The van der Waals surface area contributed by atoms with Gasteiger partial charge in [0.25, 0.3) is 0 Å². The van der Waals surface area contributed by atoms with Crippen molar-refractivity contribution in [2.24, 2.45) is 0 Å². The van der Waals surface area contributed by atoms with E-state index < -0.39 is 19.6 Å². The van der Waals surface area contributed by atoms with Gasteiger partial charge < -0.3 is 4.42 Å². The highest BCUT2D eigenvalue weighted by atomic mass is 16.3. The minimum absolute atomic E-state index is 0.161. The lowest BCUT2D eigenvalue weighted by Crippen LogP contribution is -1.91. The molecule has 24 heavy (non-hydrogen) atoms. The van der Waals surface area contributed by atoms with E-state index in [2.05, 4.69) is 9.97 Å². The Balaban J connectivity index is 1.94. The summed E-state index contributed by atoms with van der Waals surface area (Å²) in [7, 11) is 0. The van der Waals surface area contributed by atoms with Gasteiger partial charge in [-0.3, -0.25) is 4.98 Å². The summed E-state index contributed by atoms with van der Waals surface area (Å²) in [6, 6.07) is 9.92. The zero-order valence-electron chi connectivity index (χ0n) is 20.3. The number of aromatic nitrogens is 2. The number of fused-ring (bicyclic) bond motifs is 3. The van der Waals surface area contributed by atoms with E-state index in [9.17, 15) is 0 Å². The van der Waals surface area contributed by atoms with Gasteiger partial charge in [0, 0.05) is 37.8 Å². The van der Waals surface area contributed by atoms with Gasteiger partial charge in [-0.1, -0.05) is 25.9 Å². The summed E-state index contributed by atoms with van der Waals surface area (Å²) in [6.45, 7) is -1.70. The first-order chi connectivity index (χ1) is 14.3. The van der Waals surface area contributed by atoms with Gasteiger partial charge in [0.15, 0.2) is 0 Å². The molecule has 0 N–H and O–H groups in total. The molecule has 3 aromatic heterocycles. The van der Waals surface area contributed by atoms with Crippen LogP contribution >= 0.6 is 0 Å². The van der Waals surface area contributed by atoms with Crippen molar-refractivity contribution in [3.05, 3.63) is 59.4 Å². The van der Waals surface area contributed by atoms with Crippen LogP contribution in [-0.2, 0) is 0 Å². The second kappa shape index (κ2) is 5.45. The highest BCUT2D eigenvalue weighted by Crippen LogP contribution is 2.36. The van der Waals surface area contributed by atoms with Gasteiger partial charge in [0.05, 0.1) is 5.69 Å². The molecular weight excluding hydrogens is 296 g/mol. The minimum atomic E-state index is -2.51. The zero-order valence-corrected chi connectivity index (χ0v) is 13.3. The molecule has 3 nitrogen and oxygen atoms in total. The highest BCUT2D eigenvalue weighted by Gasteiger charge is 2.16. The lowest BCUT2D eigenvalue weighted by molar-refractivity contribution is 0.653. The molecule has 0 bridgehead atoms. The Morgan fingerprint density at radius 2 is 2.08 bits per heavy atom. The largest absolute Gasteiger partial charge is 0.437 e. The molecule has 3 heteroatoms. The van der Waals surface area contributed by atoms with Crippen LogP contribution in [-0.4, -0.2) is 9.97 Å². The van der Waals surface area contributed by atoms with Crippen LogP contribution in [0.5, 0.6) is 0 Å². The molecule has 0 amide bonds. The van der Waals surface area contributed by atoms with Crippen LogP contribution in [0, 0.1) is 13.8 Å². The molecule has 0 saturated carbocycles. The fourth-order valence-electron chi connectivity index (χ4n) is 2.83. The molecule has 1 aromatic carbocycles. The Labute approximate surface area is 151 Å². The van der Waals surface area contributed by atoms with E-state index in [-0.39, 0.29) is 11.1 Å². The number of furan rings is 1. The van der Waals surface area contributed by atoms with E-state index in [1.807, 2.05) is 6.92 Å². The van der Waals surface area contributed by atoms with E-state index in [4.69, 9.17) is 14.0 Å². The van der Waals surface area contributed by atoms with Crippen LogP contribution in [0.4, 0.5) is 0 Å². The lowest BCUT2D eigenvalue weighted by Gasteiger charge is -2.07. The first-order valence-corrected chi connectivity index (χ1v) is 7.61. The smallest absolute Gasteiger partial charge is 0.227 e. The molecule has 120 valence electrons. The predicted octanol–water partition coefficient (Wildman–Crippen LogP) is 5.78. The first-order valence-electron chi connectivity index (χ1n) is 11.1. The van der Waals surface area contributed by atoms with Crippen molar-refractivity contribution in [1.29, 1.82) is 0 Å². The standard InChI is InChI=1S/C21H20N2O/c1-12(2)15-7-10-18(22-11-15)16-8-5-13(3)19-17-9-6-14(4)23-21(17)24-20(16)19/h5-12H,1-4H3/i1D3,3D3,12D. The third-order valence-electron chi connectivity index (χ3n) is 4.10. The number of rotatable bonds is 2. The number of pyridine rings is 2. The van der Waals surface area contributed by atoms with Gasteiger partial charge in [-0.05, 0) is 55.1 Å². The summed E-state index contributed by atoms with van der Waals surface area (Å²) in [5, 5.41) is 1.06. The number of nitrogens with zero attached hydrogens (tertiary/aromatic N) is 2. The quantitative estimate of drug-likeness (QED) is 0.469. The van der Waals surface area contributed by atoms with Crippen molar-refractivity contribution in [2.75, 3.05) is 0 Å². The van der Waals surface area contributed by atoms with Crippen molar-refractivity contribution in [3.63, 3.8) is 0 Å². The summed E-state index contributed by atoms with van der Waals surface area (Å²) in [6.07, 6.45) is 1.36. The second-order valence-corrected chi connectivity index (χ2v) is 5.83. The lowest BCUT2D eigenvalue weighted by atomic mass is 10.0. The minimum Gasteiger partial charge on any atom is -0.437 e. The van der Waals surface area contributed by atoms with Gasteiger partial charge in [-0.25, -0.2) is 4.98 Å². The molecule has 3 heterocycles. The average molecular weight is 323 g/mol. The Hall–Kier alpha value is -2.68. The third kappa shape index (κ3) is 2.28. The molecule has 0 aliphatic rings. The van der Waals surface area contributed by atoms with Gasteiger partial charge in [0.1, 0.15) is 5.58 Å². The van der Waals surface area contributed by atoms with E-state index >= 15 is 0 Å². The molecule has 0 aliphatic heterocycles. The number of aryl methyl sites for hydroxylation is 2. The summed E-state index contributed by atoms with van der Waals surface area (Å²) in [5.74, 6) is -1.81. The topological polar surface area (TPSA) is 38.9 Å². The van der Waals surface area contributed by atoms with Crippen LogP contribution in [0.25, 0.3) is 33.3 Å². The molecule has 4 rings (SSSR count). The molecule has 0 saturated heterocycles. The SMILES string of the molecule is [2H]C([2H])([2H])c1ccc(-c2ccc(C([2H])(C)C([2H])([2H])[2H])cn2)c2oc3nc(C)ccc3c12. The van der Waals surface area contributed by atoms with Gasteiger partial charge >= 0.3 is 0 Å². The van der Waals surface area contributed by atoms with E-state index in [1.54, 1.807) is 30.3 Å². The summed E-state index contributed by atoms with van der Waals surface area (Å²) < 4.78 is 60.8. The van der Waals surface area contributed by atoms with Crippen LogP contribution in [0.15, 0.2) is 47.0 Å².